The highest BCUT2D eigenvalue weighted by atomic mass is 35.5. The van der Waals surface area contributed by atoms with Gasteiger partial charge in [-0.25, -0.2) is 4.90 Å². The number of β-amino-alcohol motifs (C(OH)–C–C–N with tert-alkyl or cyclic N) is 1. The molecule has 6 nitrogen and oxygen atoms in total. The average molecular weight is 440 g/mol. The lowest BCUT2D eigenvalue weighted by molar-refractivity contribution is -0.120. The summed E-state index contributed by atoms with van der Waals surface area (Å²) in [6.07, 6.45) is 0. The highest BCUT2D eigenvalue weighted by molar-refractivity contribution is 6.45. The number of halogens is 1. The van der Waals surface area contributed by atoms with Crippen molar-refractivity contribution in [3.05, 3.63) is 69.9 Å². The first-order chi connectivity index (χ1) is 14.9. The Bertz CT molecular complexity index is 1040. The van der Waals surface area contributed by atoms with Crippen LogP contribution in [0.15, 0.2) is 48.2 Å². The summed E-state index contributed by atoms with van der Waals surface area (Å²) in [5.41, 5.74) is 4.25. The molecule has 1 N–H and O–H groups in total. The van der Waals surface area contributed by atoms with Crippen LogP contribution in [0.4, 0.5) is 5.69 Å². The van der Waals surface area contributed by atoms with Gasteiger partial charge in [0.2, 0.25) is 0 Å². The Kier molecular flexibility index (Phi) is 6.14. The van der Waals surface area contributed by atoms with Crippen LogP contribution in [0, 0.1) is 13.8 Å². The minimum atomic E-state index is -0.316. The second kappa shape index (κ2) is 8.83. The van der Waals surface area contributed by atoms with Crippen molar-refractivity contribution in [2.45, 2.75) is 13.8 Å². The highest BCUT2D eigenvalue weighted by Crippen LogP contribution is 2.36. The predicted octanol–water partition coefficient (Wildman–Crippen LogP) is 2.85. The molecule has 31 heavy (non-hydrogen) atoms. The summed E-state index contributed by atoms with van der Waals surface area (Å²) >= 11 is 6.06. The number of carbonyl (C=O) groups excluding carboxylic acids is 2. The molecule has 2 aliphatic heterocycles. The van der Waals surface area contributed by atoms with Gasteiger partial charge in [-0.2, -0.15) is 0 Å². The molecule has 0 bridgehead atoms. The van der Waals surface area contributed by atoms with Crippen molar-refractivity contribution in [2.75, 3.05) is 44.2 Å². The topological polar surface area (TPSA) is 64.1 Å². The van der Waals surface area contributed by atoms with Crippen molar-refractivity contribution in [1.82, 2.24) is 9.80 Å². The van der Waals surface area contributed by atoms with Crippen LogP contribution in [0.3, 0.4) is 0 Å². The molecule has 0 unspecified atom stereocenters. The van der Waals surface area contributed by atoms with E-state index in [4.69, 9.17) is 11.6 Å². The van der Waals surface area contributed by atoms with Crippen molar-refractivity contribution < 1.29 is 14.7 Å². The molecule has 1 fully saturated rings. The molecule has 0 saturated carbocycles. The van der Waals surface area contributed by atoms with Gasteiger partial charge in [-0.05, 0) is 54.8 Å². The minimum absolute atomic E-state index is 0.108. The molecule has 2 amide bonds. The van der Waals surface area contributed by atoms with Gasteiger partial charge in [0.1, 0.15) is 5.70 Å². The van der Waals surface area contributed by atoms with Gasteiger partial charge in [0, 0.05) is 37.7 Å². The van der Waals surface area contributed by atoms with Gasteiger partial charge < -0.3 is 10.0 Å². The van der Waals surface area contributed by atoms with Crippen molar-refractivity contribution in [3.63, 3.8) is 0 Å². The maximum atomic E-state index is 13.6. The summed E-state index contributed by atoms with van der Waals surface area (Å²) < 4.78 is 0. The molecular weight excluding hydrogens is 414 g/mol. The number of amides is 2. The number of nitrogens with zero attached hydrogens (tertiary/aromatic N) is 3. The Morgan fingerprint density at radius 1 is 0.903 bits per heavy atom. The maximum absolute atomic E-state index is 13.6. The summed E-state index contributed by atoms with van der Waals surface area (Å²) in [7, 11) is 0. The van der Waals surface area contributed by atoms with Crippen LogP contribution in [-0.2, 0) is 9.59 Å². The Labute approximate surface area is 187 Å². The molecule has 1 saturated heterocycles. The van der Waals surface area contributed by atoms with Crippen LogP contribution in [0.25, 0.3) is 5.57 Å². The van der Waals surface area contributed by atoms with E-state index in [1.54, 1.807) is 24.3 Å². The summed E-state index contributed by atoms with van der Waals surface area (Å²) in [5, 5.41) is 9.78. The zero-order chi connectivity index (χ0) is 22.1. The van der Waals surface area contributed by atoms with Crippen LogP contribution in [0.5, 0.6) is 0 Å². The first-order valence-electron chi connectivity index (χ1n) is 10.4. The zero-order valence-corrected chi connectivity index (χ0v) is 18.5. The quantitative estimate of drug-likeness (QED) is 0.726. The lowest BCUT2D eigenvalue weighted by Gasteiger charge is -2.36. The van der Waals surface area contributed by atoms with E-state index in [0.717, 1.165) is 24.2 Å². The van der Waals surface area contributed by atoms with E-state index in [2.05, 4.69) is 4.90 Å². The van der Waals surface area contributed by atoms with E-state index in [1.165, 1.54) is 4.90 Å². The van der Waals surface area contributed by atoms with E-state index in [-0.39, 0.29) is 18.4 Å². The summed E-state index contributed by atoms with van der Waals surface area (Å²) in [6.45, 7) is 7.37. The second-order valence-corrected chi connectivity index (χ2v) is 8.43. The minimum Gasteiger partial charge on any atom is -0.395 e. The lowest BCUT2D eigenvalue weighted by Crippen LogP contribution is -2.48. The SMILES string of the molecule is Cc1ccc(N2C(=O)C(c3ccc(Cl)cc3)=C(N3CCN(CCO)CC3)C2=O)cc1C. The number of benzene rings is 2. The summed E-state index contributed by atoms with van der Waals surface area (Å²) in [4.78, 5) is 32.6. The first-order valence-corrected chi connectivity index (χ1v) is 10.8. The van der Waals surface area contributed by atoms with Crippen LogP contribution in [0.1, 0.15) is 16.7 Å². The number of anilines is 1. The standard InChI is InChI=1S/C24H26ClN3O3/c1-16-3-8-20(15-17(16)2)28-23(30)21(18-4-6-19(25)7-5-18)22(24(28)31)27-11-9-26(10-12-27)13-14-29/h3-8,15,29H,9-14H2,1-2H3. The molecule has 2 aromatic rings. The highest BCUT2D eigenvalue weighted by Gasteiger charge is 2.43. The molecule has 7 heteroatoms. The monoisotopic (exact) mass is 439 g/mol. The molecule has 162 valence electrons. The van der Waals surface area contributed by atoms with Gasteiger partial charge in [0.25, 0.3) is 11.8 Å². The Hall–Kier alpha value is -2.67. The van der Waals surface area contributed by atoms with Crippen molar-refractivity contribution in [1.29, 1.82) is 0 Å². The molecule has 0 aromatic heterocycles. The smallest absolute Gasteiger partial charge is 0.282 e. The predicted molar refractivity (Wildman–Crippen MR) is 122 cm³/mol. The molecular formula is C24H26ClN3O3. The van der Waals surface area contributed by atoms with Gasteiger partial charge >= 0.3 is 0 Å². The van der Waals surface area contributed by atoms with E-state index in [9.17, 15) is 14.7 Å². The van der Waals surface area contributed by atoms with Gasteiger partial charge in [-0.3, -0.25) is 14.5 Å². The number of piperazine rings is 1. The molecule has 0 atom stereocenters. The second-order valence-electron chi connectivity index (χ2n) is 8.00. The van der Waals surface area contributed by atoms with E-state index >= 15 is 0 Å². The molecule has 2 aliphatic rings. The molecule has 0 aliphatic carbocycles. The summed E-state index contributed by atoms with van der Waals surface area (Å²) in [5.74, 6) is -0.614. The molecule has 2 aromatic carbocycles. The van der Waals surface area contributed by atoms with Gasteiger partial charge in [0.15, 0.2) is 0 Å². The Balaban J connectivity index is 1.74. The summed E-state index contributed by atoms with van der Waals surface area (Å²) in [6, 6.07) is 12.7. The fraction of sp³-hybridized carbons (Fsp3) is 0.333. The number of hydrogen-bond acceptors (Lipinski definition) is 5. The molecule has 2 heterocycles. The van der Waals surface area contributed by atoms with E-state index in [0.29, 0.717) is 47.2 Å². The van der Waals surface area contributed by atoms with Crippen LogP contribution in [0.2, 0.25) is 5.02 Å². The molecule has 0 radical (unpaired) electrons. The Morgan fingerprint density at radius 2 is 1.58 bits per heavy atom. The lowest BCUT2D eigenvalue weighted by atomic mass is 10.0. The van der Waals surface area contributed by atoms with Crippen molar-refractivity contribution >= 4 is 34.7 Å². The fourth-order valence-electron chi connectivity index (χ4n) is 4.12. The number of aliphatic hydroxyl groups is 1. The third-order valence-electron chi connectivity index (χ3n) is 6.05. The number of aryl methyl sites for hydroxylation is 2. The fourth-order valence-corrected chi connectivity index (χ4v) is 4.25. The van der Waals surface area contributed by atoms with E-state index in [1.807, 2.05) is 36.9 Å². The van der Waals surface area contributed by atoms with Crippen LogP contribution < -0.4 is 4.90 Å². The number of carbonyl (C=O) groups is 2. The number of hydrogen-bond donors (Lipinski definition) is 1. The molecule has 4 rings (SSSR count). The van der Waals surface area contributed by atoms with Crippen molar-refractivity contribution in [2.24, 2.45) is 0 Å². The zero-order valence-electron chi connectivity index (χ0n) is 17.8. The number of imide groups is 1. The van der Waals surface area contributed by atoms with E-state index < -0.39 is 0 Å². The van der Waals surface area contributed by atoms with Crippen LogP contribution in [-0.4, -0.2) is 66.1 Å². The maximum Gasteiger partial charge on any atom is 0.282 e. The van der Waals surface area contributed by atoms with Crippen LogP contribution >= 0.6 is 11.6 Å². The number of aliphatic hydroxyl groups excluding tert-OH is 1. The first kappa shape index (κ1) is 21.6. The van der Waals surface area contributed by atoms with Gasteiger partial charge in [-0.15, -0.1) is 0 Å². The van der Waals surface area contributed by atoms with Crippen molar-refractivity contribution in [3.8, 4) is 0 Å². The van der Waals surface area contributed by atoms with Gasteiger partial charge in [-0.1, -0.05) is 29.8 Å². The Morgan fingerprint density at radius 3 is 2.19 bits per heavy atom. The average Bonchev–Trinajstić information content (AvgIpc) is 3.02. The normalized spacial score (nSPS) is 17.8. The third-order valence-corrected chi connectivity index (χ3v) is 6.30. The largest absolute Gasteiger partial charge is 0.395 e. The number of rotatable bonds is 5. The third kappa shape index (κ3) is 4.11. The van der Waals surface area contributed by atoms with Gasteiger partial charge in [0.05, 0.1) is 17.9 Å². The molecule has 0 spiro atoms.